The fourth-order valence-corrected chi connectivity index (χ4v) is 3.11. The van der Waals surface area contributed by atoms with Gasteiger partial charge in [-0.15, -0.1) is 0 Å². The van der Waals surface area contributed by atoms with E-state index in [1.54, 1.807) is 11.8 Å². The Bertz CT molecular complexity index is 350. The first-order valence-electron chi connectivity index (χ1n) is 6.64. The molecule has 2 fully saturated rings. The zero-order valence-electron chi connectivity index (χ0n) is 11.1. The molecule has 0 aliphatic carbocycles. The summed E-state index contributed by atoms with van der Waals surface area (Å²) < 4.78 is 0. The lowest BCUT2D eigenvalue weighted by atomic mass is 9.85. The maximum Gasteiger partial charge on any atom is 0.283 e. The van der Waals surface area contributed by atoms with Crippen molar-refractivity contribution in [2.24, 2.45) is 0 Å². The Kier molecular flexibility index (Phi) is 4.07. The van der Waals surface area contributed by atoms with E-state index in [0.29, 0.717) is 13.0 Å². The number of amides is 1. The third kappa shape index (κ3) is 2.45. The van der Waals surface area contributed by atoms with E-state index < -0.39 is 0 Å². The minimum Gasteiger partial charge on any atom is -0.328 e. The van der Waals surface area contributed by atoms with Crippen LogP contribution in [-0.4, -0.2) is 56.7 Å². The van der Waals surface area contributed by atoms with Crippen LogP contribution in [0.3, 0.4) is 0 Å². The van der Waals surface area contributed by atoms with E-state index in [2.05, 4.69) is 5.43 Å². The average Bonchev–Trinajstić information content (AvgIpc) is 2.93. The Morgan fingerprint density at radius 3 is 2.78 bits per heavy atom. The molecule has 6 heteroatoms. The summed E-state index contributed by atoms with van der Waals surface area (Å²) in [5.41, 5.74) is 3.13. The summed E-state index contributed by atoms with van der Waals surface area (Å²) >= 11 is 0. The highest BCUT2D eigenvalue weighted by Crippen LogP contribution is 2.26. The summed E-state index contributed by atoms with van der Waals surface area (Å²) in [5, 5.41) is 1.10. The number of carbonyl (C=O) groups is 2. The van der Waals surface area contributed by atoms with Crippen molar-refractivity contribution in [3.8, 4) is 0 Å². The first-order chi connectivity index (χ1) is 8.54. The molecule has 0 aromatic heterocycles. The van der Waals surface area contributed by atoms with Crippen molar-refractivity contribution in [1.29, 1.82) is 0 Å². The van der Waals surface area contributed by atoms with Gasteiger partial charge in [-0.25, -0.2) is 5.01 Å². The Morgan fingerprint density at radius 1 is 1.44 bits per heavy atom. The normalized spacial score (nSPS) is 36.0. The number of hydrogen-bond donors (Lipinski definition) is 2. The number of Topliss-reactive ketones (excluding diaryl/α,β-unsaturated/α-hetero) is 1. The Labute approximate surface area is 109 Å². The monoisotopic (exact) mass is 250 g/mol. The Hall–Kier alpha value is -0.875. The fourth-order valence-electron chi connectivity index (χ4n) is 3.11. The van der Waals surface area contributed by atoms with Gasteiger partial charge in [0.05, 0.1) is 20.4 Å². The molecule has 98 valence electrons. The van der Waals surface area contributed by atoms with E-state index in [-0.39, 0.29) is 29.6 Å². The van der Waals surface area contributed by atoms with Crippen LogP contribution in [0.2, 0.25) is 5.82 Å². The third-order valence-corrected chi connectivity index (χ3v) is 4.06. The van der Waals surface area contributed by atoms with Crippen LogP contribution in [0, 0.1) is 0 Å². The summed E-state index contributed by atoms with van der Waals surface area (Å²) in [6, 6.07) is -0.381. The molecule has 5 nitrogen and oxygen atoms in total. The van der Waals surface area contributed by atoms with E-state index in [4.69, 9.17) is 7.85 Å². The van der Waals surface area contributed by atoms with Crippen LogP contribution in [-0.2, 0) is 9.59 Å². The lowest BCUT2D eigenvalue weighted by Gasteiger charge is -2.27. The molecule has 2 rings (SSSR count). The quantitative estimate of drug-likeness (QED) is 0.588. The van der Waals surface area contributed by atoms with Gasteiger partial charge >= 0.3 is 0 Å². The largest absolute Gasteiger partial charge is 0.328 e. The number of hydrogen-bond acceptors (Lipinski definition) is 3. The zero-order chi connectivity index (χ0) is 13.3. The molecule has 2 aliphatic heterocycles. The summed E-state index contributed by atoms with van der Waals surface area (Å²) in [5.74, 6) is 0.0487. The third-order valence-electron chi connectivity index (χ3n) is 4.06. The van der Waals surface area contributed by atoms with E-state index >= 15 is 0 Å². The predicted octanol–water partition coefficient (Wildman–Crippen LogP) is -1.68. The molecule has 0 bridgehead atoms. The van der Waals surface area contributed by atoms with Crippen LogP contribution >= 0.6 is 0 Å². The van der Waals surface area contributed by atoms with Crippen LogP contribution < -0.4 is 10.4 Å². The summed E-state index contributed by atoms with van der Waals surface area (Å²) in [7, 11) is 7.75. The molecule has 0 aromatic carbocycles. The molecular weight excluding hydrogens is 229 g/mol. The number of nitrogens with one attached hydrogen (secondary N) is 2. The Balaban J connectivity index is 2.10. The minimum atomic E-state index is -0.314. The summed E-state index contributed by atoms with van der Waals surface area (Å²) in [6.07, 6.45) is 2.52. The van der Waals surface area contributed by atoms with Crippen LogP contribution in [0.25, 0.3) is 0 Å². The van der Waals surface area contributed by atoms with Gasteiger partial charge in [0, 0.05) is 26.4 Å². The molecule has 2 aliphatic rings. The number of ketones is 1. The van der Waals surface area contributed by atoms with Crippen molar-refractivity contribution in [2.45, 2.75) is 44.1 Å². The maximum absolute atomic E-state index is 12.5. The highest BCUT2D eigenvalue weighted by Gasteiger charge is 2.43. The first kappa shape index (κ1) is 13.6. The van der Waals surface area contributed by atoms with E-state index in [9.17, 15) is 9.59 Å². The van der Waals surface area contributed by atoms with Gasteiger partial charge in [0.25, 0.3) is 5.91 Å². The molecular formula is C12H21BN3O2+. The van der Waals surface area contributed by atoms with Crippen molar-refractivity contribution in [3.05, 3.63) is 0 Å². The molecule has 2 N–H and O–H groups in total. The smallest absolute Gasteiger partial charge is 0.283 e. The zero-order valence-corrected chi connectivity index (χ0v) is 11.1. The molecule has 2 radical (unpaired) electrons. The lowest BCUT2D eigenvalue weighted by Crippen LogP contribution is -3.20. The van der Waals surface area contributed by atoms with Crippen LogP contribution in [0.1, 0.15) is 26.2 Å². The fraction of sp³-hybridized carbons (Fsp3) is 0.833. The number of carbonyl (C=O) groups excluding carboxylic acids is 2. The van der Waals surface area contributed by atoms with Crippen molar-refractivity contribution in [1.82, 2.24) is 10.3 Å². The minimum absolute atomic E-state index is 0.0419. The summed E-state index contributed by atoms with van der Waals surface area (Å²) in [6.45, 7) is 3.01. The molecule has 0 saturated carbocycles. The number of nitrogens with zero attached hydrogens (tertiary/aromatic N) is 1. The molecule has 0 spiro atoms. The van der Waals surface area contributed by atoms with Crippen LogP contribution in [0.4, 0.5) is 0 Å². The van der Waals surface area contributed by atoms with Gasteiger partial charge < -0.3 is 4.90 Å². The first-order valence-corrected chi connectivity index (χ1v) is 6.64. The number of quaternary nitrogens is 1. The lowest BCUT2D eigenvalue weighted by molar-refractivity contribution is -0.946. The highest BCUT2D eigenvalue weighted by atomic mass is 16.2. The molecule has 2 unspecified atom stereocenters. The van der Waals surface area contributed by atoms with Gasteiger partial charge in [0.2, 0.25) is 0 Å². The second-order valence-electron chi connectivity index (χ2n) is 5.33. The van der Waals surface area contributed by atoms with Gasteiger partial charge in [0.1, 0.15) is 0 Å². The Morgan fingerprint density at radius 2 is 2.17 bits per heavy atom. The number of likely N-dealkylation sites (tertiary alicyclic amines) is 1. The topological polar surface area (TPSA) is 53.9 Å². The van der Waals surface area contributed by atoms with Crippen molar-refractivity contribution < 1.29 is 14.6 Å². The molecule has 0 aromatic rings. The molecule has 2 heterocycles. The van der Waals surface area contributed by atoms with E-state index in [0.717, 1.165) is 24.4 Å². The second kappa shape index (κ2) is 5.40. The van der Waals surface area contributed by atoms with Gasteiger partial charge in [-0.2, -0.15) is 5.43 Å². The number of rotatable bonds is 3. The van der Waals surface area contributed by atoms with Crippen molar-refractivity contribution in [2.75, 3.05) is 20.1 Å². The molecule has 18 heavy (non-hydrogen) atoms. The van der Waals surface area contributed by atoms with Crippen LogP contribution in [0.15, 0.2) is 0 Å². The van der Waals surface area contributed by atoms with E-state index in [1.165, 1.54) is 0 Å². The van der Waals surface area contributed by atoms with Gasteiger partial charge in [-0.1, -0.05) is 5.82 Å². The highest BCUT2D eigenvalue weighted by molar-refractivity contribution is 6.13. The second-order valence-corrected chi connectivity index (χ2v) is 5.33. The molecule has 2 saturated heterocycles. The van der Waals surface area contributed by atoms with Crippen molar-refractivity contribution in [3.63, 3.8) is 0 Å². The van der Waals surface area contributed by atoms with Crippen LogP contribution in [0.5, 0.6) is 0 Å². The van der Waals surface area contributed by atoms with Gasteiger partial charge in [-0.05, 0) is 13.3 Å². The van der Waals surface area contributed by atoms with E-state index in [1.807, 2.05) is 7.05 Å². The molecule has 4 atom stereocenters. The standard InChI is InChI=1S/C12H20BN3O2/c1-8(17)11-6-9(13)7-15(11)12(18)10-4-3-5-16(10)14-2/h9-11,14H,3-7H2,1-2H3/p+1/t9-,10-,11?/m1/s1. The predicted molar refractivity (Wildman–Crippen MR) is 68.2 cm³/mol. The van der Waals surface area contributed by atoms with Gasteiger partial charge in [-0.3, -0.25) is 9.59 Å². The SMILES string of the molecule is [B][C@@H]1CC(C(C)=O)N(C(=O)[C@H]2CCC[NH+]2NC)C1. The van der Waals surface area contributed by atoms with Gasteiger partial charge in [0.15, 0.2) is 11.8 Å². The van der Waals surface area contributed by atoms with Crippen molar-refractivity contribution >= 4 is 19.5 Å². The average molecular weight is 250 g/mol. The maximum atomic E-state index is 12.5. The summed E-state index contributed by atoms with van der Waals surface area (Å²) in [4.78, 5) is 25.8. The molecule has 1 amide bonds.